The van der Waals surface area contributed by atoms with Gasteiger partial charge in [-0.1, -0.05) is 24.3 Å². The first-order valence-electron chi connectivity index (χ1n) is 7.40. The van der Waals surface area contributed by atoms with Gasteiger partial charge >= 0.3 is 11.9 Å². The van der Waals surface area contributed by atoms with Crippen molar-refractivity contribution in [2.75, 3.05) is 7.11 Å². The zero-order valence-electron chi connectivity index (χ0n) is 13.6. The summed E-state index contributed by atoms with van der Waals surface area (Å²) in [5, 5.41) is 0. The van der Waals surface area contributed by atoms with Gasteiger partial charge in [0, 0.05) is 19.0 Å². The second kappa shape index (κ2) is 7.72. The summed E-state index contributed by atoms with van der Waals surface area (Å²) < 4.78 is 9.65. The minimum absolute atomic E-state index is 0.380. The Kier molecular flexibility index (Phi) is 5.68. The maximum atomic E-state index is 11.4. The highest BCUT2D eigenvalue weighted by atomic mass is 16.5. The molecule has 0 aliphatic rings. The number of carbonyl (C=O) groups is 2. The predicted molar refractivity (Wildman–Crippen MR) is 89.4 cm³/mol. The van der Waals surface area contributed by atoms with E-state index in [0.29, 0.717) is 11.3 Å². The first-order valence-corrected chi connectivity index (χ1v) is 7.40. The van der Waals surface area contributed by atoms with E-state index in [1.807, 2.05) is 0 Å². The fourth-order valence-electron chi connectivity index (χ4n) is 2.30. The minimum atomic E-state index is -0.448. The quantitative estimate of drug-likeness (QED) is 0.643. The first-order chi connectivity index (χ1) is 11.4. The van der Waals surface area contributed by atoms with Crippen molar-refractivity contribution in [3.63, 3.8) is 0 Å². The van der Waals surface area contributed by atoms with Gasteiger partial charge in [0.15, 0.2) is 0 Å². The molecule has 2 aromatic carbocycles. The lowest BCUT2D eigenvalue weighted by Crippen LogP contribution is -2.26. The van der Waals surface area contributed by atoms with Gasteiger partial charge in [-0.2, -0.15) is 0 Å². The van der Waals surface area contributed by atoms with Crippen LogP contribution >= 0.6 is 0 Å². The Morgan fingerprint density at radius 3 is 1.75 bits per heavy atom. The molecule has 2 rings (SSSR count). The molecular formula is C18H20N2O4. The van der Waals surface area contributed by atoms with Crippen LogP contribution in [0.1, 0.15) is 40.5 Å². The van der Waals surface area contributed by atoms with Crippen molar-refractivity contribution in [2.24, 2.45) is 11.5 Å². The summed E-state index contributed by atoms with van der Waals surface area (Å²) in [6.45, 7) is 1.34. The third kappa shape index (κ3) is 4.18. The number of esters is 2. The standard InChI is InChI=1S/C18H20N2O4/c1-11(21)24-15-9-7-13(8-10-15)17(20)16(19)12-3-5-14(6-4-12)18(22)23-2/h3-10,16-17H,19-20H2,1-2H3/t16-,17-/m1/s1. The molecule has 0 heterocycles. The summed E-state index contributed by atoms with van der Waals surface area (Å²) in [6, 6.07) is 12.8. The topological polar surface area (TPSA) is 105 Å². The van der Waals surface area contributed by atoms with Crippen LogP contribution in [0, 0.1) is 0 Å². The first kappa shape index (κ1) is 17.7. The van der Waals surface area contributed by atoms with Gasteiger partial charge in [-0.3, -0.25) is 4.79 Å². The van der Waals surface area contributed by atoms with E-state index >= 15 is 0 Å². The van der Waals surface area contributed by atoms with Crippen LogP contribution in [0.2, 0.25) is 0 Å². The SMILES string of the molecule is COC(=O)c1ccc([C@@H](N)[C@H](N)c2ccc(OC(C)=O)cc2)cc1. The fraction of sp³-hybridized carbons (Fsp3) is 0.222. The van der Waals surface area contributed by atoms with E-state index in [1.54, 1.807) is 48.5 Å². The summed E-state index contributed by atoms with van der Waals surface area (Å²) in [5.41, 5.74) is 14.5. The van der Waals surface area contributed by atoms with Crippen molar-refractivity contribution in [3.05, 3.63) is 65.2 Å². The van der Waals surface area contributed by atoms with E-state index in [0.717, 1.165) is 11.1 Å². The Bertz CT molecular complexity index is 711. The van der Waals surface area contributed by atoms with E-state index in [4.69, 9.17) is 16.2 Å². The molecule has 0 spiro atoms. The van der Waals surface area contributed by atoms with Crippen LogP contribution in [-0.2, 0) is 9.53 Å². The maximum Gasteiger partial charge on any atom is 0.337 e. The van der Waals surface area contributed by atoms with E-state index in [9.17, 15) is 9.59 Å². The van der Waals surface area contributed by atoms with Crippen molar-refractivity contribution in [3.8, 4) is 5.75 Å². The van der Waals surface area contributed by atoms with E-state index in [-0.39, 0.29) is 5.97 Å². The summed E-state index contributed by atoms with van der Waals surface area (Å²) in [4.78, 5) is 22.4. The smallest absolute Gasteiger partial charge is 0.337 e. The van der Waals surface area contributed by atoms with Crippen LogP contribution in [0.3, 0.4) is 0 Å². The van der Waals surface area contributed by atoms with Crippen molar-refractivity contribution >= 4 is 11.9 Å². The van der Waals surface area contributed by atoms with Gasteiger partial charge in [-0.05, 0) is 35.4 Å². The lowest BCUT2D eigenvalue weighted by Gasteiger charge is -2.21. The highest BCUT2D eigenvalue weighted by Gasteiger charge is 2.18. The molecule has 0 radical (unpaired) electrons. The van der Waals surface area contributed by atoms with Crippen molar-refractivity contribution < 1.29 is 19.1 Å². The highest BCUT2D eigenvalue weighted by Crippen LogP contribution is 2.26. The van der Waals surface area contributed by atoms with E-state index in [2.05, 4.69) is 4.74 Å². The molecule has 0 saturated carbocycles. The van der Waals surface area contributed by atoms with Crippen LogP contribution in [-0.4, -0.2) is 19.0 Å². The third-order valence-corrected chi connectivity index (χ3v) is 3.63. The second-order valence-electron chi connectivity index (χ2n) is 5.33. The van der Waals surface area contributed by atoms with Gasteiger partial charge < -0.3 is 20.9 Å². The Hall–Kier alpha value is -2.70. The molecule has 0 bridgehead atoms. The van der Waals surface area contributed by atoms with Gasteiger partial charge in [0.1, 0.15) is 5.75 Å². The molecule has 0 aromatic heterocycles. The van der Waals surface area contributed by atoms with E-state index < -0.39 is 18.1 Å². The molecule has 2 atom stereocenters. The Labute approximate surface area is 140 Å². The normalized spacial score (nSPS) is 13.0. The molecule has 0 aliphatic heterocycles. The van der Waals surface area contributed by atoms with Gasteiger partial charge in [0.2, 0.25) is 0 Å². The van der Waals surface area contributed by atoms with Gasteiger partial charge in [-0.15, -0.1) is 0 Å². The Balaban J connectivity index is 2.12. The number of carbonyl (C=O) groups excluding carboxylic acids is 2. The monoisotopic (exact) mass is 328 g/mol. The summed E-state index contributed by atoms with van der Waals surface area (Å²) >= 11 is 0. The van der Waals surface area contributed by atoms with Gasteiger partial charge in [-0.25, -0.2) is 4.79 Å². The van der Waals surface area contributed by atoms with Gasteiger partial charge in [0.05, 0.1) is 12.7 Å². The Morgan fingerprint density at radius 1 is 0.875 bits per heavy atom. The third-order valence-electron chi connectivity index (χ3n) is 3.63. The molecule has 0 aliphatic carbocycles. The molecule has 6 nitrogen and oxygen atoms in total. The maximum absolute atomic E-state index is 11.4. The number of ether oxygens (including phenoxy) is 2. The van der Waals surface area contributed by atoms with Crippen molar-refractivity contribution in [1.29, 1.82) is 0 Å². The molecule has 0 unspecified atom stereocenters. The lowest BCUT2D eigenvalue weighted by molar-refractivity contribution is -0.131. The minimum Gasteiger partial charge on any atom is -0.465 e. The number of methoxy groups -OCH3 is 1. The Morgan fingerprint density at radius 2 is 1.33 bits per heavy atom. The zero-order valence-corrected chi connectivity index (χ0v) is 13.6. The van der Waals surface area contributed by atoms with Crippen LogP contribution in [0.5, 0.6) is 5.75 Å². The molecule has 4 N–H and O–H groups in total. The molecule has 2 aromatic rings. The molecule has 126 valence electrons. The predicted octanol–water partition coefficient (Wildman–Crippen LogP) is 2.10. The molecule has 0 amide bonds. The largest absolute Gasteiger partial charge is 0.465 e. The van der Waals surface area contributed by atoms with Crippen LogP contribution in [0.4, 0.5) is 0 Å². The molecule has 0 fully saturated rings. The summed E-state index contributed by atoms with van der Waals surface area (Å²) in [5.74, 6) is -0.329. The number of benzene rings is 2. The zero-order chi connectivity index (χ0) is 17.7. The second-order valence-corrected chi connectivity index (χ2v) is 5.33. The fourth-order valence-corrected chi connectivity index (χ4v) is 2.30. The van der Waals surface area contributed by atoms with Crippen LogP contribution in [0.15, 0.2) is 48.5 Å². The van der Waals surface area contributed by atoms with Crippen LogP contribution < -0.4 is 16.2 Å². The molecular weight excluding hydrogens is 308 g/mol. The number of nitrogens with two attached hydrogens (primary N) is 2. The van der Waals surface area contributed by atoms with Crippen molar-refractivity contribution in [2.45, 2.75) is 19.0 Å². The molecule has 24 heavy (non-hydrogen) atoms. The number of rotatable bonds is 5. The van der Waals surface area contributed by atoms with Gasteiger partial charge in [0.25, 0.3) is 0 Å². The molecule has 0 saturated heterocycles. The van der Waals surface area contributed by atoms with E-state index in [1.165, 1.54) is 14.0 Å². The lowest BCUT2D eigenvalue weighted by atomic mass is 9.94. The molecule has 6 heteroatoms. The summed E-state index contributed by atoms with van der Waals surface area (Å²) in [6.07, 6.45) is 0. The summed E-state index contributed by atoms with van der Waals surface area (Å²) in [7, 11) is 1.33. The average Bonchev–Trinajstić information content (AvgIpc) is 2.60. The number of hydrogen-bond donors (Lipinski definition) is 2. The average molecular weight is 328 g/mol. The van der Waals surface area contributed by atoms with Crippen LogP contribution in [0.25, 0.3) is 0 Å². The number of hydrogen-bond acceptors (Lipinski definition) is 6. The highest BCUT2D eigenvalue weighted by molar-refractivity contribution is 5.89. The van der Waals surface area contributed by atoms with Crippen molar-refractivity contribution in [1.82, 2.24) is 0 Å².